The Hall–Kier alpha value is -1.92. The molecule has 3 nitrogen and oxygen atoms in total. The van der Waals surface area contributed by atoms with Crippen LogP contribution in [0.2, 0.25) is 0 Å². The maximum absolute atomic E-state index is 13.1. The second-order valence-corrected chi connectivity index (χ2v) is 4.69. The lowest BCUT2D eigenvalue weighted by Crippen LogP contribution is -2.38. The molecule has 1 aromatic carbocycles. The fourth-order valence-corrected chi connectivity index (χ4v) is 2.12. The van der Waals surface area contributed by atoms with Crippen molar-refractivity contribution in [3.8, 4) is 0 Å². The van der Waals surface area contributed by atoms with Crippen LogP contribution >= 0.6 is 0 Å². The molecule has 2 rings (SSSR count). The zero-order valence-electron chi connectivity index (χ0n) is 11.3. The lowest BCUT2D eigenvalue weighted by atomic mass is 10.1. The Morgan fingerprint density at radius 2 is 2.00 bits per heavy atom. The van der Waals surface area contributed by atoms with Crippen molar-refractivity contribution in [1.29, 1.82) is 0 Å². The zero-order chi connectivity index (χ0) is 15.6. The van der Waals surface area contributed by atoms with E-state index in [1.54, 1.807) is 28.8 Å². The number of fused-ring (bicyclic) bond motifs is 1. The number of imidazole rings is 1. The normalized spacial score (nSPS) is 12.3. The number of hydrogen-bond donors (Lipinski definition) is 0. The maximum atomic E-state index is 13.1. The predicted molar refractivity (Wildman–Crippen MR) is 69.7 cm³/mol. The van der Waals surface area contributed by atoms with E-state index in [1.165, 1.54) is 0 Å². The van der Waals surface area contributed by atoms with Gasteiger partial charge in [0.1, 0.15) is 5.82 Å². The molecule has 114 valence electrons. The van der Waals surface area contributed by atoms with E-state index in [1.807, 2.05) is 6.92 Å². The van der Waals surface area contributed by atoms with Crippen LogP contribution in [0.5, 0.6) is 0 Å². The highest BCUT2D eigenvalue weighted by molar-refractivity contribution is 5.88. The Balaban J connectivity index is 2.38. The number of Topliss-reactive ketones (excluding diaryl/α,β-unsaturated/α-hetero) is 1. The number of benzene rings is 1. The molecule has 7 heteroatoms. The second kappa shape index (κ2) is 5.83. The molecule has 0 atom stereocenters. The molecular weight excluding hydrogens is 288 g/mol. The van der Waals surface area contributed by atoms with Crippen molar-refractivity contribution < 1.29 is 22.4 Å². The summed E-state index contributed by atoms with van der Waals surface area (Å²) in [5, 5.41) is 0. The number of carbonyl (C=O) groups excluding carboxylic acids is 1. The van der Waals surface area contributed by atoms with Crippen molar-refractivity contribution in [2.45, 2.75) is 38.7 Å². The fraction of sp³-hybridized carbons (Fsp3) is 0.429. The molecule has 0 unspecified atom stereocenters. The van der Waals surface area contributed by atoms with E-state index in [0.29, 0.717) is 24.0 Å². The van der Waals surface area contributed by atoms with Crippen LogP contribution in [0.3, 0.4) is 0 Å². The number of rotatable bonds is 6. The molecule has 1 heterocycles. The first kappa shape index (κ1) is 15.5. The third kappa shape index (κ3) is 2.91. The Morgan fingerprint density at radius 3 is 2.62 bits per heavy atom. The predicted octanol–water partition coefficient (Wildman–Crippen LogP) is 3.46. The van der Waals surface area contributed by atoms with Gasteiger partial charge in [-0.25, -0.2) is 13.8 Å². The quantitative estimate of drug-likeness (QED) is 0.766. The van der Waals surface area contributed by atoms with Crippen molar-refractivity contribution >= 4 is 16.8 Å². The number of para-hydroxylation sites is 2. The van der Waals surface area contributed by atoms with E-state index in [2.05, 4.69) is 4.98 Å². The number of nitrogens with zero attached hydrogens (tertiary/aromatic N) is 2. The minimum absolute atomic E-state index is 0.0865. The highest BCUT2D eigenvalue weighted by atomic mass is 19.3. The number of ketones is 1. The Morgan fingerprint density at radius 1 is 1.33 bits per heavy atom. The first-order valence-corrected chi connectivity index (χ1v) is 6.51. The molecular formula is C14H14F4N2O. The van der Waals surface area contributed by atoms with Gasteiger partial charge >= 0.3 is 12.3 Å². The number of aryl methyl sites for hydroxylation is 1. The van der Waals surface area contributed by atoms with Gasteiger partial charge in [-0.2, -0.15) is 8.78 Å². The molecule has 0 fully saturated rings. The largest absolute Gasteiger partial charge is 0.364 e. The van der Waals surface area contributed by atoms with E-state index in [4.69, 9.17) is 0 Å². The summed E-state index contributed by atoms with van der Waals surface area (Å²) in [6, 6.07) is 6.92. The third-order valence-corrected chi connectivity index (χ3v) is 3.15. The van der Waals surface area contributed by atoms with E-state index in [0.717, 1.165) is 0 Å². The average molecular weight is 302 g/mol. The first-order valence-electron chi connectivity index (χ1n) is 6.51. The minimum Gasteiger partial charge on any atom is -0.328 e. The molecule has 0 aliphatic carbocycles. The summed E-state index contributed by atoms with van der Waals surface area (Å²) >= 11 is 0. The van der Waals surface area contributed by atoms with E-state index < -0.39 is 24.6 Å². The Kier molecular flexibility index (Phi) is 4.29. The number of alkyl halides is 4. The van der Waals surface area contributed by atoms with Gasteiger partial charge in [0.15, 0.2) is 0 Å². The van der Waals surface area contributed by atoms with Crippen LogP contribution in [0, 0.1) is 0 Å². The van der Waals surface area contributed by atoms with Gasteiger partial charge in [-0.05, 0) is 18.6 Å². The van der Waals surface area contributed by atoms with Crippen molar-refractivity contribution in [2.24, 2.45) is 0 Å². The van der Waals surface area contributed by atoms with Gasteiger partial charge < -0.3 is 4.57 Å². The summed E-state index contributed by atoms with van der Waals surface area (Å²) in [4.78, 5) is 15.5. The number of halogens is 4. The van der Waals surface area contributed by atoms with Gasteiger partial charge in [0, 0.05) is 6.54 Å². The summed E-state index contributed by atoms with van der Waals surface area (Å²) in [5.41, 5.74) is 1.25. The summed E-state index contributed by atoms with van der Waals surface area (Å²) in [5.74, 6) is -6.37. The average Bonchev–Trinajstić information content (AvgIpc) is 2.77. The molecule has 0 N–H and O–H groups in total. The topological polar surface area (TPSA) is 34.9 Å². The van der Waals surface area contributed by atoms with Gasteiger partial charge in [0.05, 0.1) is 17.5 Å². The van der Waals surface area contributed by atoms with Gasteiger partial charge in [-0.15, -0.1) is 0 Å². The lowest BCUT2D eigenvalue weighted by Gasteiger charge is -2.14. The smallest absolute Gasteiger partial charge is 0.328 e. The fourth-order valence-electron chi connectivity index (χ4n) is 2.12. The number of hydrogen-bond acceptors (Lipinski definition) is 2. The molecule has 1 aromatic heterocycles. The van der Waals surface area contributed by atoms with Crippen LogP contribution in [-0.4, -0.2) is 27.7 Å². The van der Waals surface area contributed by atoms with Gasteiger partial charge in [-0.3, -0.25) is 4.79 Å². The SMILES string of the molecule is CCCn1c(CC(=O)C(F)(F)C(F)F)nc2ccccc21. The van der Waals surface area contributed by atoms with Gasteiger partial charge in [0.25, 0.3) is 0 Å². The lowest BCUT2D eigenvalue weighted by molar-refractivity contribution is -0.166. The van der Waals surface area contributed by atoms with Gasteiger partial charge in [-0.1, -0.05) is 19.1 Å². The number of aromatic nitrogens is 2. The van der Waals surface area contributed by atoms with Crippen LogP contribution in [0.25, 0.3) is 11.0 Å². The summed E-state index contributed by atoms with van der Waals surface area (Å²) in [6.45, 7) is 2.36. The molecule has 21 heavy (non-hydrogen) atoms. The molecule has 0 aliphatic heterocycles. The van der Waals surface area contributed by atoms with Crippen molar-refractivity contribution in [3.05, 3.63) is 30.1 Å². The van der Waals surface area contributed by atoms with Crippen molar-refractivity contribution in [3.63, 3.8) is 0 Å². The Labute approximate surface area is 118 Å². The highest BCUT2D eigenvalue weighted by Gasteiger charge is 2.48. The molecule has 0 bridgehead atoms. The zero-order valence-corrected chi connectivity index (χ0v) is 11.3. The van der Waals surface area contributed by atoms with Crippen LogP contribution in [0.1, 0.15) is 19.2 Å². The van der Waals surface area contributed by atoms with Crippen molar-refractivity contribution in [1.82, 2.24) is 9.55 Å². The molecule has 0 amide bonds. The summed E-state index contributed by atoms with van der Waals surface area (Å²) in [7, 11) is 0. The van der Waals surface area contributed by atoms with Crippen LogP contribution in [-0.2, 0) is 17.8 Å². The molecule has 0 saturated carbocycles. The summed E-state index contributed by atoms with van der Waals surface area (Å²) < 4.78 is 52.2. The van der Waals surface area contributed by atoms with Crippen LogP contribution < -0.4 is 0 Å². The Bertz CT molecular complexity index is 651. The number of carbonyl (C=O) groups is 1. The van der Waals surface area contributed by atoms with E-state index >= 15 is 0 Å². The first-order chi connectivity index (χ1) is 9.87. The van der Waals surface area contributed by atoms with Crippen molar-refractivity contribution in [2.75, 3.05) is 0 Å². The maximum Gasteiger partial charge on any atom is 0.364 e. The third-order valence-electron chi connectivity index (χ3n) is 3.15. The standard InChI is InChI=1S/C14H14F4N2O/c1-2-7-20-10-6-4-3-5-9(10)19-12(20)8-11(21)14(17,18)13(15)16/h3-6,13H,2,7-8H2,1H3. The van der Waals surface area contributed by atoms with Crippen LogP contribution in [0.4, 0.5) is 17.6 Å². The van der Waals surface area contributed by atoms with Crippen LogP contribution in [0.15, 0.2) is 24.3 Å². The molecule has 0 saturated heterocycles. The summed E-state index contributed by atoms with van der Waals surface area (Å²) in [6.07, 6.45) is -4.12. The molecule has 2 aromatic rings. The molecule has 0 aliphatic rings. The molecule has 0 spiro atoms. The highest BCUT2D eigenvalue weighted by Crippen LogP contribution is 2.26. The minimum atomic E-state index is -4.64. The second-order valence-electron chi connectivity index (χ2n) is 4.69. The van der Waals surface area contributed by atoms with Gasteiger partial charge in [0.2, 0.25) is 5.78 Å². The monoisotopic (exact) mass is 302 g/mol. The molecule has 0 radical (unpaired) electrons. The van der Waals surface area contributed by atoms with E-state index in [-0.39, 0.29) is 5.82 Å². The van der Waals surface area contributed by atoms with E-state index in [9.17, 15) is 22.4 Å².